The van der Waals surface area contributed by atoms with E-state index in [4.69, 9.17) is 9.47 Å². The molecule has 0 aliphatic carbocycles. The number of alkyl halides is 2. The molecule has 236 valence electrons. The van der Waals surface area contributed by atoms with Gasteiger partial charge in [-0.05, 0) is 64.7 Å². The number of ether oxygens (including phenoxy) is 2. The molecular formula is C33H46F2N4O4. The molecule has 8 nitrogen and oxygen atoms in total. The highest BCUT2D eigenvalue weighted by atomic mass is 19.1. The summed E-state index contributed by atoms with van der Waals surface area (Å²) in [7, 11) is 0. The Hall–Kier alpha value is -3.24. The van der Waals surface area contributed by atoms with Crippen LogP contribution >= 0.6 is 0 Å². The van der Waals surface area contributed by atoms with E-state index in [9.17, 15) is 9.59 Å². The first-order valence-electron chi connectivity index (χ1n) is 15.1. The number of hydrogen-bond acceptors (Lipinski definition) is 6. The smallest absolute Gasteiger partial charge is 0.410 e. The Morgan fingerprint density at radius 3 is 2.19 bits per heavy atom. The molecule has 5 atom stereocenters. The van der Waals surface area contributed by atoms with E-state index in [2.05, 4.69) is 10.6 Å². The first kappa shape index (κ1) is 32.7. The molecule has 2 aliphatic rings. The molecule has 0 aromatic heterocycles. The lowest BCUT2D eigenvalue weighted by Gasteiger charge is -2.43. The molecule has 2 aliphatic heterocycles. The van der Waals surface area contributed by atoms with Crippen LogP contribution in [-0.2, 0) is 15.9 Å². The van der Waals surface area contributed by atoms with Crippen molar-refractivity contribution < 1.29 is 27.8 Å². The van der Waals surface area contributed by atoms with Crippen LogP contribution in [0.25, 0.3) is 0 Å². The third-order valence-electron chi connectivity index (χ3n) is 7.46. The second kappa shape index (κ2) is 13.6. The molecule has 2 N–H and O–H groups in total. The zero-order valence-corrected chi connectivity index (χ0v) is 26.1. The zero-order chi connectivity index (χ0) is 31.4. The average Bonchev–Trinajstić information content (AvgIpc) is 2.95. The largest absolute Gasteiger partial charge is 0.444 e. The van der Waals surface area contributed by atoms with Gasteiger partial charge in [0.1, 0.15) is 23.5 Å². The maximum absolute atomic E-state index is 16.4. The molecule has 2 fully saturated rings. The van der Waals surface area contributed by atoms with E-state index in [0.717, 1.165) is 5.56 Å². The molecular weight excluding hydrogens is 554 g/mol. The Morgan fingerprint density at radius 1 is 0.860 bits per heavy atom. The van der Waals surface area contributed by atoms with Crippen molar-refractivity contribution in [1.82, 2.24) is 20.4 Å². The maximum Gasteiger partial charge on any atom is 0.410 e. The van der Waals surface area contributed by atoms with Crippen molar-refractivity contribution in [3.05, 3.63) is 71.3 Å². The van der Waals surface area contributed by atoms with Crippen molar-refractivity contribution in [1.29, 1.82) is 0 Å². The van der Waals surface area contributed by atoms with Crippen molar-refractivity contribution in [2.45, 2.75) is 89.6 Å². The summed E-state index contributed by atoms with van der Waals surface area (Å²) in [6, 6.07) is 14.9. The Bertz CT molecular complexity index is 1230. The molecule has 0 bridgehead atoms. The monoisotopic (exact) mass is 600 g/mol. The molecule has 3 unspecified atom stereocenters. The topological polar surface area (TPSA) is 83.1 Å². The number of benzene rings is 2. The van der Waals surface area contributed by atoms with Gasteiger partial charge in [0, 0.05) is 38.8 Å². The number of nitrogens with one attached hydrogen (secondary N) is 2. The van der Waals surface area contributed by atoms with Gasteiger partial charge in [0.2, 0.25) is 0 Å². The van der Waals surface area contributed by atoms with Crippen LogP contribution in [0, 0.1) is 0 Å². The molecule has 2 amide bonds. The lowest BCUT2D eigenvalue weighted by molar-refractivity contribution is -0.0277. The molecule has 0 radical (unpaired) electrons. The number of rotatable bonds is 6. The minimum Gasteiger partial charge on any atom is -0.444 e. The van der Waals surface area contributed by atoms with Gasteiger partial charge in [-0.2, -0.15) is 0 Å². The van der Waals surface area contributed by atoms with Crippen LogP contribution in [0.15, 0.2) is 54.6 Å². The standard InChI is InChI=1S/C33H46F2N4O4/c1-32(2,3)42-30(40)38-15-16-39(31(41)43-33(4,5)6)27(21-38)29(35)24-14-10-11-22(17-24)18-25-19-36-20-26(37-25)28(34)23-12-8-7-9-13-23/h7-14,17,25-29,36-37H,15-16,18-21H2,1-6H3/t25?,26-,27-,28?,29?/m1/s1. The number of hydrogen-bond donors (Lipinski definition) is 2. The second-order valence-corrected chi connectivity index (χ2v) is 13.5. The van der Waals surface area contributed by atoms with Crippen LogP contribution in [0.2, 0.25) is 0 Å². The highest BCUT2D eigenvalue weighted by Gasteiger charge is 2.41. The minimum absolute atomic E-state index is 0.0350. The van der Waals surface area contributed by atoms with Gasteiger partial charge in [-0.25, -0.2) is 18.4 Å². The fourth-order valence-corrected chi connectivity index (χ4v) is 5.52. The molecule has 0 spiro atoms. The molecule has 2 aromatic carbocycles. The van der Waals surface area contributed by atoms with Crippen LogP contribution in [0.5, 0.6) is 0 Å². The summed E-state index contributed by atoms with van der Waals surface area (Å²) in [4.78, 5) is 28.8. The van der Waals surface area contributed by atoms with Crippen molar-refractivity contribution in [2.24, 2.45) is 0 Å². The number of nitrogens with zero attached hydrogens (tertiary/aromatic N) is 2. The number of carbonyl (C=O) groups excluding carboxylic acids is 2. The highest BCUT2D eigenvalue weighted by Crippen LogP contribution is 2.31. The van der Waals surface area contributed by atoms with Crippen molar-refractivity contribution in [3.63, 3.8) is 0 Å². The van der Waals surface area contributed by atoms with Gasteiger partial charge in [-0.15, -0.1) is 0 Å². The quantitative estimate of drug-likeness (QED) is 0.440. The Kier molecular flexibility index (Phi) is 10.3. The Morgan fingerprint density at radius 2 is 1.51 bits per heavy atom. The normalized spacial score (nSPS) is 22.9. The molecule has 2 aromatic rings. The third-order valence-corrected chi connectivity index (χ3v) is 7.46. The van der Waals surface area contributed by atoms with Crippen LogP contribution < -0.4 is 10.6 Å². The molecule has 2 heterocycles. The Labute approximate surface area is 254 Å². The highest BCUT2D eigenvalue weighted by molar-refractivity contribution is 5.71. The molecule has 4 rings (SSSR count). The molecule has 2 saturated heterocycles. The molecule has 0 saturated carbocycles. The van der Waals surface area contributed by atoms with Crippen LogP contribution in [-0.4, -0.2) is 84.0 Å². The van der Waals surface area contributed by atoms with E-state index in [1.54, 1.807) is 71.9 Å². The van der Waals surface area contributed by atoms with E-state index >= 15 is 8.78 Å². The molecule has 43 heavy (non-hydrogen) atoms. The van der Waals surface area contributed by atoms with Gasteiger partial charge in [0.25, 0.3) is 0 Å². The molecule has 10 heteroatoms. The zero-order valence-electron chi connectivity index (χ0n) is 26.1. The summed E-state index contributed by atoms with van der Waals surface area (Å²) < 4.78 is 42.8. The van der Waals surface area contributed by atoms with Crippen LogP contribution in [0.4, 0.5) is 18.4 Å². The van der Waals surface area contributed by atoms with Crippen molar-refractivity contribution >= 4 is 12.2 Å². The first-order valence-corrected chi connectivity index (χ1v) is 15.1. The fraction of sp³-hybridized carbons (Fsp3) is 0.576. The Balaban J connectivity index is 1.49. The average molecular weight is 601 g/mol. The summed E-state index contributed by atoms with van der Waals surface area (Å²) in [5.41, 5.74) is 0.456. The second-order valence-electron chi connectivity index (χ2n) is 13.5. The van der Waals surface area contributed by atoms with E-state index in [-0.39, 0.29) is 31.7 Å². The van der Waals surface area contributed by atoms with Gasteiger partial charge in [-0.3, -0.25) is 4.90 Å². The number of halogens is 2. The third kappa shape index (κ3) is 9.13. The summed E-state index contributed by atoms with van der Waals surface area (Å²) in [6.45, 7) is 12.1. The van der Waals surface area contributed by atoms with E-state index in [0.29, 0.717) is 30.6 Å². The van der Waals surface area contributed by atoms with Gasteiger partial charge >= 0.3 is 12.2 Å². The van der Waals surface area contributed by atoms with Gasteiger partial charge in [0.15, 0.2) is 0 Å². The lowest BCUT2D eigenvalue weighted by atomic mass is 9.95. The summed E-state index contributed by atoms with van der Waals surface area (Å²) in [5, 5.41) is 6.76. The van der Waals surface area contributed by atoms with Gasteiger partial charge in [-0.1, -0.05) is 54.6 Å². The first-order chi connectivity index (χ1) is 20.2. The van der Waals surface area contributed by atoms with Gasteiger partial charge in [0.05, 0.1) is 12.1 Å². The number of carbonyl (C=O) groups is 2. The summed E-state index contributed by atoms with van der Waals surface area (Å²) >= 11 is 0. The summed E-state index contributed by atoms with van der Waals surface area (Å²) in [6.07, 6.45) is -3.35. The fourth-order valence-electron chi connectivity index (χ4n) is 5.52. The van der Waals surface area contributed by atoms with E-state index in [1.807, 2.05) is 24.3 Å². The van der Waals surface area contributed by atoms with Crippen LogP contribution in [0.3, 0.4) is 0 Å². The SMILES string of the molecule is CC(C)(C)OC(=O)N1CCN(C(=O)OC(C)(C)C)[C@@H](C(F)c2cccc(CC3CNC[C@H](C(F)c4ccccc4)N3)c2)C1. The predicted molar refractivity (Wildman–Crippen MR) is 162 cm³/mol. The van der Waals surface area contributed by atoms with Crippen molar-refractivity contribution in [2.75, 3.05) is 32.7 Å². The predicted octanol–water partition coefficient (Wildman–Crippen LogP) is 5.74. The number of piperazine rings is 2. The van der Waals surface area contributed by atoms with Gasteiger partial charge < -0.3 is 25.0 Å². The van der Waals surface area contributed by atoms with E-state index < -0.39 is 41.8 Å². The van der Waals surface area contributed by atoms with Crippen LogP contribution in [0.1, 0.15) is 70.6 Å². The lowest BCUT2D eigenvalue weighted by Crippen LogP contribution is -2.59. The number of amides is 2. The van der Waals surface area contributed by atoms with E-state index in [1.165, 1.54) is 9.80 Å². The van der Waals surface area contributed by atoms with Crippen molar-refractivity contribution in [3.8, 4) is 0 Å². The summed E-state index contributed by atoms with van der Waals surface area (Å²) in [5.74, 6) is 0. The minimum atomic E-state index is -1.59. The maximum atomic E-state index is 16.4.